The van der Waals surface area contributed by atoms with E-state index in [9.17, 15) is 14.5 Å². The van der Waals surface area contributed by atoms with Gasteiger partial charge in [-0.05, 0) is 37.4 Å². The second-order valence-corrected chi connectivity index (χ2v) is 7.70. The summed E-state index contributed by atoms with van der Waals surface area (Å²) in [4.78, 5) is 12.4. The zero-order valence-electron chi connectivity index (χ0n) is 13.5. The van der Waals surface area contributed by atoms with Crippen molar-refractivity contribution in [1.82, 2.24) is 0 Å². The second kappa shape index (κ2) is 8.40. The summed E-state index contributed by atoms with van der Waals surface area (Å²) in [7, 11) is -3.65. The number of hydrogen-bond donors (Lipinski definition) is 1. The third-order valence-electron chi connectivity index (χ3n) is 3.15. The molecule has 1 aromatic carbocycles. The molecule has 24 heavy (non-hydrogen) atoms. The van der Waals surface area contributed by atoms with E-state index in [2.05, 4.69) is 0 Å². The summed E-state index contributed by atoms with van der Waals surface area (Å²) in [6.45, 7) is 3.82. The highest BCUT2D eigenvalue weighted by Gasteiger charge is 2.33. The van der Waals surface area contributed by atoms with Gasteiger partial charge in [-0.1, -0.05) is 24.3 Å². The van der Waals surface area contributed by atoms with Crippen molar-refractivity contribution in [3.8, 4) is 0 Å². The van der Waals surface area contributed by atoms with Crippen molar-refractivity contribution in [2.45, 2.75) is 13.8 Å². The molecule has 2 aromatic rings. The number of thiophene rings is 1. The molecule has 0 saturated carbocycles. The van der Waals surface area contributed by atoms with Crippen molar-refractivity contribution < 1.29 is 23.5 Å². The molecular formula is C17H19O5PS. The molecule has 5 nitrogen and oxygen atoms in total. The quantitative estimate of drug-likeness (QED) is 0.649. The average molecular weight is 366 g/mol. The van der Waals surface area contributed by atoms with Crippen LogP contribution in [-0.4, -0.2) is 24.3 Å². The maximum absolute atomic E-state index is 13.3. The monoisotopic (exact) mass is 366 g/mol. The van der Waals surface area contributed by atoms with Gasteiger partial charge in [0.25, 0.3) is 0 Å². The van der Waals surface area contributed by atoms with E-state index in [1.165, 1.54) is 17.4 Å². The van der Waals surface area contributed by atoms with Gasteiger partial charge in [-0.15, -0.1) is 11.3 Å². The van der Waals surface area contributed by atoms with Crippen LogP contribution < -0.4 is 0 Å². The van der Waals surface area contributed by atoms with Crippen LogP contribution in [0.5, 0.6) is 0 Å². The minimum Gasteiger partial charge on any atom is -0.478 e. The molecule has 0 unspecified atom stereocenters. The highest BCUT2D eigenvalue weighted by atomic mass is 32.1. The van der Waals surface area contributed by atoms with Gasteiger partial charge in [0.15, 0.2) is 0 Å². The zero-order chi connectivity index (χ0) is 17.6. The van der Waals surface area contributed by atoms with E-state index >= 15 is 0 Å². The topological polar surface area (TPSA) is 72.8 Å². The van der Waals surface area contributed by atoms with Crippen molar-refractivity contribution in [1.29, 1.82) is 0 Å². The van der Waals surface area contributed by atoms with E-state index < -0.39 is 13.6 Å². The summed E-state index contributed by atoms with van der Waals surface area (Å²) in [6.07, 6.45) is 1.68. The van der Waals surface area contributed by atoms with E-state index in [-0.39, 0.29) is 24.1 Å². The number of carboxylic acids is 1. The Hall–Kier alpha value is -1.72. The van der Waals surface area contributed by atoms with Crippen LogP contribution in [0.3, 0.4) is 0 Å². The second-order valence-electron chi connectivity index (χ2n) is 4.73. The van der Waals surface area contributed by atoms with Crippen LogP contribution in [0.15, 0.2) is 41.8 Å². The number of carbonyl (C=O) groups is 1. The van der Waals surface area contributed by atoms with Gasteiger partial charge in [0.1, 0.15) is 0 Å². The Morgan fingerprint density at radius 3 is 2.25 bits per heavy atom. The Labute approximate surface area is 145 Å². The summed E-state index contributed by atoms with van der Waals surface area (Å²) < 4.78 is 24.2. The number of hydrogen-bond acceptors (Lipinski definition) is 5. The summed E-state index contributed by atoms with van der Waals surface area (Å²) in [5.41, 5.74) is 0.392. The Kier molecular flexibility index (Phi) is 6.52. The van der Waals surface area contributed by atoms with E-state index in [0.29, 0.717) is 5.56 Å². The first-order valence-electron chi connectivity index (χ1n) is 7.49. The molecule has 0 aliphatic heterocycles. The largest absolute Gasteiger partial charge is 0.478 e. The van der Waals surface area contributed by atoms with Crippen LogP contribution in [0.2, 0.25) is 0 Å². The molecule has 7 heteroatoms. The molecule has 1 heterocycles. The lowest BCUT2D eigenvalue weighted by Crippen LogP contribution is -2.05. The molecule has 0 atom stereocenters. The van der Waals surface area contributed by atoms with Gasteiger partial charge in [-0.3, -0.25) is 4.57 Å². The van der Waals surface area contributed by atoms with Crippen molar-refractivity contribution in [3.63, 3.8) is 0 Å². The molecule has 0 aliphatic carbocycles. The Balaban J connectivity index is 2.69. The van der Waals surface area contributed by atoms with Gasteiger partial charge in [0, 0.05) is 10.4 Å². The molecule has 0 radical (unpaired) electrons. The van der Waals surface area contributed by atoms with Crippen molar-refractivity contribution in [2.75, 3.05) is 13.2 Å². The van der Waals surface area contributed by atoms with Crippen LogP contribution in [-0.2, 0) is 13.6 Å². The van der Waals surface area contributed by atoms with Gasteiger partial charge >= 0.3 is 13.6 Å². The zero-order valence-corrected chi connectivity index (χ0v) is 15.2. The Bertz CT molecular complexity index is 757. The molecule has 1 N–H and O–H groups in total. The minimum absolute atomic E-state index is 0.0555. The molecule has 1 aromatic heterocycles. The van der Waals surface area contributed by atoms with Crippen LogP contribution in [0, 0.1) is 0 Å². The molecule has 0 fully saturated rings. The molecule has 0 bridgehead atoms. The SMILES string of the molecule is CCOP(=O)(OCC)/C(=C/c1cccs1)c1ccccc1C(=O)O. The maximum atomic E-state index is 13.3. The summed E-state index contributed by atoms with van der Waals surface area (Å²) in [5, 5.41) is 11.6. The smallest absolute Gasteiger partial charge is 0.361 e. The first-order chi connectivity index (χ1) is 11.5. The fourth-order valence-electron chi connectivity index (χ4n) is 2.22. The van der Waals surface area contributed by atoms with Crippen LogP contribution in [0.1, 0.15) is 34.6 Å². The summed E-state index contributed by atoms with van der Waals surface area (Å²) in [5.74, 6) is -1.10. The molecule has 0 saturated heterocycles. The molecule has 0 amide bonds. The predicted molar refractivity (Wildman–Crippen MR) is 96.4 cm³/mol. The number of benzene rings is 1. The lowest BCUT2D eigenvalue weighted by atomic mass is 10.1. The van der Waals surface area contributed by atoms with Gasteiger partial charge in [0.05, 0.1) is 24.1 Å². The van der Waals surface area contributed by atoms with Crippen molar-refractivity contribution >= 4 is 36.3 Å². The third kappa shape index (κ3) is 4.22. The van der Waals surface area contributed by atoms with Gasteiger partial charge in [-0.25, -0.2) is 4.79 Å². The van der Waals surface area contributed by atoms with E-state index in [1.54, 1.807) is 38.1 Å². The van der Waals surface area contributed by atoms with E-state index in [4.69, 9.17) is 9.05 Å². The highest BCUT2D eigenvalue weighted by Crippen LogP contribution is 2.61. The summed E-state index contributed by atoms with van der Waals surface area (Å²) in [6, 6.07) is 10.1. The third-order valence-corrected chi connectivity index (χ3v) is 6.12. The van der Waals surface area contributed by atoms with Crippen LogP contribution in [0.4, 0.5) is 0 Å². The summed E-state index contributed by atoms with van der Waals surface area (Å²) >= 11 is 1.46. The molecule has 2 rings (SSSR count). The van der Waals surface area contributed by atoms with Gasteiger partial charge in [0.2, 0.25) is 0 Å². The van der Waals surface area contributed by atoms with Crippen LogP contribution in [0.25, 0.3) is 11.4 Å². The van der Waals surface area contributed by atoms with Crippen molar-refractivity contribution in [2.24, 2.45) is 0 Å². The first kappa shape index (κ1) is 18.6. The normalized spacial score (nSPS) is 12.3. The van der Waals surface area contributed by atoms with E-state index in [1.807, 2.05) is 17.5 Å². The highest BCUT2D eigenvalue weighted by molar-refractivity contribution is 7.65. The average Bonchev–Trinajstić information content (AvgIpc) is 3.06. The fourth-order valence-corrected chi connectivity index (χ4v) is 4.79. The van der Waals surface area contributed by atoms with E-state index in [0.717, 1.165) is 4.88 Å². The number of aromatic carboxylic acids is 1. The number of carboxylic acid groups (broad SMARTS) is 1. The Morgan fingerprint density at radius 2 is 1.75 bits per heavy atom. The maximum Gasteiger partial charge on any atom is 0.361 e. The first-order valence-corrected chi connectivity index (χ1v) is 9.91. The predicted octanol–water partition coefficient (Wildman–Crippen LogP) is 5.21. The molecule has 0 aliphatic rings. The molecule has 0 spiro atoms. The lowest BCUT2D eigenvalue weighted by Gasteiger charge is -2.21. The lowest BCUT2D eigenvalue weighted by molar-refractivity contribution is 0.0696. The van der Waals surface area contributed by atoms with Crippen molar-refractivity contribution in [3.05, 3.63) is 57.8 Å². The fraction of sp³-hybridized carbons (Fsp3) is 0.235. The molecular weight excluding hydrogens is 347 g/mol. The van der Waals surface area contributed by atoms with Gasteiger partial charge < -0.3 is 14.2 Å². The standard InChI is InChI=1S/C17H19O5PS/c1-3-21-23(20,22-4-2)16(12-13-8-7-11-24-13)14-9-5-6-10-15(14)17(18)19/h5-12H,3-4H2,1-2H3,(H,18,19)/b16-12+. The molecule has 128 valence electrons. The minimum atomic E-state index is -3.65. The number of rotatable bonds is 8. The van der Waals surface area contributed by atoms with Gasteiger partial charge in [-0.2, -0.15) is 0 Å². The Morgan fingerprint density at radius 1 is 1.12 bits per heavy atom. The van der Waals surface area contributed by atoms with Crippen LogP contribution >= 0.6 is 18.9 Å².